The van der Waals surface area contributed by atoms with Crippen molar-refractivity contribution in [3.63, 3.8) is 0 Å². The van der Waals surface area contributed by atoms with Crippen LogP contribution in [0.4, 0.5) is 0 Å². The van der Waals surface area contributed by atoms with Gasteiger partial charge in [0.25, 0.3) is 0 Å². The molecule has 3 saturated carbocycles. The van der Waals surface area contributed by atoms with Gasteiger partial charge in [0.2, 0.25) is 0 Å². The summed E-state index contributed by atoms with van der Waals surface area (Å²) in [6, 6.07) is 0. The van der Waals surface area contributed by atoms with Gasteiger partial charge in [0.1, 0.15) is 0 Å². The van der Waals surface area contributed by atoms with Crippen molar-refractivity contribution in [2.24, 2.45) is 29.1 Å². The van der Waals surface area contributed by atoms with Crippen LogP contribution in [0, 0.1) is 29.1 Å². The van der Waals surface area contributed by atoms with Crippen molar-refractivity contribution in [1.82, 2.24) is 0 Å². The van der Waals surface area contributed by atoms with Crippen LogP contribution in [-0.2, 0) is 0 Å². The molecule has 0 saturated heterocycles. The molecule has 0 aromatic carbocycles. The van der Waals surface area contributed by atoms with Crippen molar-refractivity contribution in [1.29, 1.82) is 0 Å². The number of aliphatic hydroxyl groups is 1. The van der Waals surface area contributed by atoms with Crippen LogP contribution in [0.3, 0.4) is 0 Å². The average Bonchev–Trinajstić information content (AvgIpc) is 2.89. The molecule has 0 heterocycles. The molecule has 0 spiro atoms. The van der Waals surface area contributed by atoms with E-state index in [0.717, 1.165) is 30.1 Å². The van der Waals surface area contributed by atoms with Crippen LogP contribution in [0.25, 0.3) is 0 Å². The van der Waals surface area contributed by atoms with Gasteiger partial charge in [0, 0.05) is 0 Å². The Kier molecular flexibility index (Phi) is 4.20. The molecule has 0 unspecified atom stereocenters. The molecule has 0 aromatic rings. The molecule has 0 aliphatic heterocycles. The summed E-state index contributed by atoms with van der Waals surface area (Å²) in [5, 5.41) is 9.97. The minimum absolute atomic E-state index is 0.151. The van der Waals surface area contributed by atoms with Crippen molar-refractivity contribution in [3.05, 3.63) is 23.3 Å². The smallest absolute Gasteiger partial charge is 0.0723 e. The molecular formula is C22H34O. The number of fused-ring (bicyclic) bond motifs is 5. The summed E-state index contributed by atoms with van der Waals surface area (Å²) < 4.78 is 0. The van der Waals surface area contributed by atoms with Crippen molar-refractivity contribution in [2.75, 3.05) is 0 Å². The van der Waals surface area contributed by atoms with Gasteiger partial charge in [-0.2, -0.15) is 0 Å². The van der Waals surface area contributed by atoms with E-state index in [1.54, 1.807) is 5.57 Å². The molecule has 4 rings (SSSR count). The SMILES string of the molecule is CCCC=C1CC[C@H]2[C@@H]3CCC4=C[C@@H](O)CC[C@@H]4[C@H]3CC[C@]12C. The van der Waals surface area contributed by atoms with Crippen LogP contribution in [0.1, 0.15) is 78.1 Å². The maximum atomic E-state index is 9.97. The van der Waals surface area contributed by atoms with Gasteiger partial charge in [-0.25, -0.2) is 0 Å². The lowest BCUT2D eigenvalue weighted by Crippen LogP contribution is -2.45. The first-order valence-electron chi connectivity index (χ1n) is 10.2. The van der Waals surface area contributed by atoms with Crippen molar-refractivity contribution < 1.29 is 5.11 Å². The minimum atomic E-state index is -0.151. The van der Waals surface area contributed by atoms with Gasteiger partial charge in [0.05, 0.1) is 6.10 Å². The molecule has 4 aliphatic carbocycles. The molecule has 128 valence electrons. The van der Waals surface area contributed by atoms with Crippen LogP contribution < -0.4 is 0 Å². The molecule has 1 heteroatoms. The van der Waals surface area contributed by atoms with Gasteiger partial charge in [0.15, 0.2) is 0 Å². The third-order valence-electron chi connectivity index (χ3n) is 7.96. The molecule has 3 fully saturated rings. The van der Waals surface area contributed by atoms with Crippen molar-refractivity contribution in [2.45, 2.75) is 84.2 Å². The highest BCUT2D eigenvalue weighted by atomic mass is 16.3. The summed E-state index contributed by atoms with van der Waals surface area (Å²) in [6.45, 7) is 4.90. The summed E-state index contributed by atoms with van der Waals surface area (Å²) >= 11 is 0. The number of rotatable bonds is 2. The quantitative estimate of drug-likeness (QED) is 0.653. The maximum absolute atomic E-state index is 9.97. The Hall–Kier alpha value is -0.560. The van der Waals surface area contributed by atoms with E-state index in [4.69, 9.17) is 0 Å². The Morgan fingerprint density at radius 1 is 1.13 bits per heavy atom. The Morgan fingerprint density at radius 3 is 2.83 bits per heavy atom. The Bertz CT molecular complexity index is 516. The first-order chi connectivity index (χ1) is 11.1. The van der Waals surface area contributed by atoms with Gasteiger partial charge in [-0.15, -0.1) is 0 Å². The summed E-state index contributed by atoms with van der Waals surface area (Å²) in [7, 11) is 0. The third kappa shape index (κ3) is 2.54. The number of unbranched alkanes of at least 4 members (excludes halogenated alkanes) is 1. The first-order valence-corrected chi connectivity index (χ1v) is 10.2. The van der Waals surface area contributed by atoms with E-state index < -0.39 is 0 Å². The summed E-state index contributed by atoms with van der Waals surface area (Å²) in [5.74, 6) is 3.63. The Balaban J connectivity index is 1.57. The lowest BCUT2D eigenvalue weighted by Gasteiger charge is -2.53. The van der Waals surface area contributed by atoms with Crippen molar-refractivity contribution in [3.8, 4) is 0 Å². The third-order valence-corrected chi connectivity index (χ3v) is 7.96. The highest BCUT2D eigenvalue weighted by molar-refractivity contribution is 5.26. The van der Waals surface area contributed by atoms with Crippen LogP contribution >= 0.6 is 0 Å². The molecular weight excluding hydrogens is 280 g/mol. The predicted octanol–water partition coefficient (Wildman–Crippen LogP) is 5.65. The molecule has 0 aromatic heterocycles. The number of hydrogen-bond donors (Lipinski definition) is 1. The van der Waals surface area contributed by atoms with E-state index in [-0.39, 0.29) is 6.10 Å². The summed E-state index contributed by atoms with van der Waals surface area (Å²) in [4.78, 5) is 0. The molecule has 4 aliphatic rings. The van der Waals surface area contributed by atoms with E-state index in [0.29, 0.717) is 5.41 Å². The van der Waals surface area contributed by atoms with Crippen LogP contribution in [0.2, 0.25) is 0 Å². The molecule has 0 bridgehead atoms. The van der Waals surface area contributed by atoms with E-state index in [2.05, 4.69) is 26.0 Å². The summed E-state index contributed by atoms with van der Waals surface area (Å²) in [6.07, 6.45) is 17.8. The average molecular weight is 315 g/mol. The number of allylic oxidation sites excluding steroid dienone is 3. The van der Waals surface area contributed by atoms with E-state index in [1.807, 2.05) is 5.57 Å². The fraction of sp³-hybridized carbons (Fsp3) is 0.818. The van der Waals surface area contributed by atoms with E-state index in [1.165, 1.54) is 57.8 Å². The first kappa shape index (κ1) is 15.9. The zero-order chi connectivity index (χ0) is 16.0. The van der Waals surface area contributed by atoms with E-state index >= 15 is 0 Å². The van der Waals surface area contributed by atoms with Gasteiger partial charge in [-0.1, -0.05) is 43.6 Å². The Morgan fingerprint density at radius 2 is 2.00 bits per heavy atom. The van der Waals surface area contributed by atoms with E-state index in [9.17, 15) is 5.11 Å². The molecule has 0 radical (unpaired) electrons. The van der Waals surface area contributed by atoms with Crippen molar-refractivity contribution >= 4 is 0 Å². The highest BCUT2D eigenvalue weighted by Crippen LogP contribution is 2.63. The molecule has 1 nitrogen and oxygen atoms in total. The fourth-order valence-corrected chi connectivity index (χ4v) is 6.81. The second-order valence-corrected chi connectivity index (χ2v) is 8.98. The number of aliphatic hydroxyl groups excluding tert-OH is 1. The lowest BCUT2D eigenvalue weighted by atomic mass is 9.52. The number of hydrogen-bond acceptors (Lipinski definition) is 1. The van der Waals surface area contributed by atoms with Crippen LogP contribution in [-0.4, -0.2) is 11.2 Å². The van der Waals surface area contributed by atoms with Gasteiger partial charge < -0.3 is 5.11 Å². The normalized spacial score (nSPS) is 47.7. The van der Waals surface area contributed by atoms with Crippen LogP contribution in [0.5, 0.6) is 0 Å². The lowest BCUT2D eigenvalue weighted by molar-refractivity contribution is 0.00822. The molecule has 0 amide bonds. The second kappa shape index (κ2) is 6.06. The topological polar surface area (TPSA) is 20.2 Å². The predicted molar refractivity (Wildman–Crippen MR) is 96.1 cm³/mol. The molecule has 1 N–H and O–H groups in total. The Labute approximate surface area is 142 Å². The monoisotopic (exact) mass is 314 g/mol. The standard InChI is InChI=1S/C22H34O/c1-3-4-5-16-7-11-21-20-9-6-15-14-17(23)8-10-18(15)19(20)12-13-22(16,21)2/h5,14,17-21,23H,3-4,6-13H2,1-2H3/t17-,18-,19+,20+,21-,22+/m0/s1. The highest BCUT2D eigenvalue weighted by Gasteiger charge is 2.54. The fourth-order valence-electron chi connectivity index (χ4n) is 6.81. The largest absolute Gasteiger partial charge is 0.389 e. The maximum Gasteiger partial charge on any atom is 0.0723 e. The molecule has 23 heavy (non-hydrogen) atoms. The minimum Gasteiger partial charge on any atom is -0.389 e. The van der Waals surface area contributed by atoms with Gasteiger partial charge >= 0.3 is 0 Å². The summed E-state index contributed by atoms with van der Waals surface area (Å²) in [5.41, 5.74) is 3.95. The van der Waals surface area contributed by atoms with Gasteiger partial charge in [-0.05, 0) is 86.9 Å². The van der Waals surface area contributed by atoms with Gasteiger partial charge in [-0.3, -0.25) is 0 Å². The zero-order valence-corrected chi connectivity index (χ0v) is 15.1. The second-order valence-electron chi connectivity index (χ2n) is 8.98. The van der Waals surface area contributed by atoms with Crippen LogP contribution in [0.15, 0.2) is 23.3 Å². The molecule has 6 atom stereocenters. The zero-order valence-electron chi connectivity index (χ0n) is 15.1.